The number of hydrogen-bond acceptors (Lipinski definition) is 5. The number of carbonyl (C=O) groups is 2. The SMILES string of the molecule is CCC(C)N(Cc1cc(NC(=O)c2ccco2)ccc1N(C)C)C(=O)c1cccs1. The van der Waals surface area contributed by atoms with Gasteiger partial charge in [-0.2, -0.15) is 0 Å². The standard InChI is InChI=1S/C23H27N3O3S/c1-5-16(2)26(23(28)21-9-7-13-30-21)15-17-14-18(10-11-19(17)25(3)4)24-22(27)20-8-6-12-29-20/h6-14,16H,5,15H2,1-4H3,(H,24,27). The monoisotopic (exact) mass is 425 g/mol. The first-order chi connectivity index (χ1) is 14.4. The first kappa shape index (κ1) is 21.6. The highest BCUT2D eigenvalue weighted by atomic mass is 32.1. The van der Waals surface area contributed by atoms with E-state index < -0.39 is 0 Å². The maximum Gasteiger partial charge on any atom is 0.291 e. The highest BCUT2D eigenvalue weighted by Crippen LogP contribution is 2.27. The van der Waals surface area contributed by atoms with E-state index in [0.717, 1.165) is 22.5 Å². The van der Waals surface area contributed by atoms with E-state index in [1.54, 1.807) is 12.1 Å². The third-order valence-electron chi connectivity index (χ3n) is 5.02. The maximum absolute atomic E-state index is 13.2. The summed E-state index contributed by atoms with van der Waals surface area (Å²) in [4.78, 5) is 30.2. The number of hydrogen-bond donors (Lipinski definition) is 1. The predicted molar refractivity (Wildman–Crippen MR) is 121 cm³/mol. The van der Waals surface area contributed by atoms with Gasteiger partial charge in [0.05, 0.1) is 11.1 Å². The molecule has 1 unspecified atom stereocenters. The molecule has 2 heterocycles. The molecule has 6 nitrogen and oxygen atoms in total. The Morgan fingerprint density at radius 2 is 1.97 bits per heavy atom. The van der Waals surface area contributed by atoms with Crippen molar-refractivity contribution < 1.29 is 14.0 Å². The van der Waals surface area contributed by atoms with Crippen LogP contribution in [0.2, 0.25) is 0 Å². The number of benzene rings is 1. The van der Waals surface area contributed by atoms with Gasteiger partial charge >= 0.3 is 0 Å². The molecule has 0 aliphatic carbocycles. The Morgan fingerprint density at radius 3 is 2.57 bits per heavy atom. The molecule has 30 heavy (non-hydrogen) atoms. The van der Waals surface area contributed by atoms with Crippen LogP contribution in [0, 0.1) is 0 Å². The molecule has 0 fully saturated rings. The molecule has 1 atom stereocenters. The number of nitrogens with zero attached hydrogens (tertiary/aromatic N) is 2. The highest BCUT2D eigenvalue weighted by molar-refractivity contribution is 7.12. The molecule has 2 amide bonds. The summed E-state index contributed by atoms with van der Waals surface area (Å²) in [7, 11) is 3.93. The van der Waals surface area contributed by atoms with E-state index in [2.05, 4.69) is 19.2 Å². The minimum Gasteiger partial charge on any atom is -0.459 e. The van der Waals surface area contributed by atoms with Gasteiger partial charge in [-0.15, -0.1) is 11.3 Å². The smallest absolute Gasteiger partial charge is 0.291 e. The van der Waals surface area contributed by atoms with Crippen LogP contribution in [0.4, 0.5) is 11.4 Å². The second kappa shape index (κ2) is 9.63. The Balaban J connectivity index is 1.90. The van der Waals surface area contributed by atoms with Crippen LogP contribution < -0.4 is 10.2 Å². The van der Waals surface area contributed by atoms with Crippen LogP contribution in [-0.4, -0.2) is 36.9 Å². The number of thiophene rings is 1. The van der Waals surface area contributed by atoms with Gasteiger partial charge in [0.15, 0.2) is 5.76 Å². The van der Waals surface area contributed by atoms with Crippen LogP contribution >= 0.6 is 11.3 Å². The molecule has 0 aliphatic heterocycles. The molecule has 3 rings (SSSR count). The van der Waals surface area contributed by atoms with Gasteiger partial charge in [0, 0.05) is 38.1 Å². The summed E-state index contributed by atoms with van der Waals surface area (Å²) in [6, 6.07) is 12.9. The summed E-state index contributed by atoms with van der Waals surface area (Å²) in [6.45, 7) is 4.58. The molecule has 0 spiro atoms. The normalized spacial score (nSPS) is 11.7. The van der Waals surface area contributed by atoms with Gasteiger partial charge in [-0.05, 0) is 60.7 Å². The van der Waals surface area contributed by atoms with Gasteiger partial charge in [0.2, 0.25) is 0 Å². The van der Waals surface area contributed by atoms with Gasteiger partial charge in [-0.25, -0.2) is 0 Å². The van der Waals surface area contributed by atoms with Crippen LogP contribution in [0.1, 0.15) is 46.1 Å². The second-order valence-corrected chi connectivity index (χ2v) is 8.28. The highest BCUT2D eigenvalue weighted by Gasteiger charge is 2.23. The first-order valence-electron chi connectivity index (χ1n) is 9.90. The first-order valence-corrected chi connectivity index (χ1v) is 10.8. The number of furan rings is 1. The second-order valence-electron chi connectivity index (χ2n) is 7.34. The van der Waals surface area contributed by atoms with E-state index in [4.69, 9.17) is 4.42 Å². The Morgan fingerprint density at radius 1 is 1.17 bits per heavy atom. The zero-order valence-corrected chi connectivity index (χ0v) is 18.5. The molecular formula is C23H27N3O3S. The van der Waals surface area contributed by atoms with Gasteiger partial charge in [-0.1, -0.05) is 13.0 Å². The van der Waals surface area contributed by atoms with Crippen molar-refractivity contribution in [1.82, 2.24) is 4.90 Å². The van der Waals surface area contributed by atoms with Crippen molar-refractivity contribution >= 4 is 34.5 Å². The quantitative estimate of drug-likeness (QED) is 0.545. The lowest BCUT2D eigenvalue weighted by Gasteiger charge is -2.30. The lowest BCUT2D eigenvalue weighted by molar-refractivity contribution is 0.0676. The van der Waals surface area contributed by atoms with E-state index in [-0.39, 0.29) is 23.6 Å². The summed E-state index contributed by atoms with van der Waals surface area (Å²) >= 11 is 1.45. The van der Waals surface area contributed by atoms with Gasteiger partial charge in [0.25, 0.3) is 11.8 Å². The van der Waals surface area contributed by atoms with Crippen molar-refractivity contribution in [2.24, 2.45) is 0 Å². The fourth-order valence-electron chi connectivity index (χ4n) is 3.20. The van der Waals surface area contributed by atoms with Crippen LogP contribution in [0.15, 0.2) is 58.5 Å². The third-order valence-corrected chi connectivity index (χ3v) is 5.88. The van der Waals surface area contributed by atoms with E-state index in [0.29, 0.717) is 12.2 Å². The fraction of sp³-hybridized carbons (Fsp3) is 0.304. The van der Waals surface area contributed by atoms with E-state index in [1.807, 2.05) is 59.6 Å². The van der Waals surface area contributed by atoms with Gasteiger partial charge in [0.1, 0.15) is 0 Å². The molecule has 0 radical (unpaired) electrons. The average Bonchev–Trinajstić information content (AvgIpc) is 3.45. The lowest BCUT2D eigenvalue weighted by Crippen LogP contribution is -2.37. The van der Waals surface area contributed by atoms with E-state index in [1.165, 1.54) is 17.6 Å². The van der Waals surface area contributed by atoms with Crippen molar-refractivity contribution in [1.29, 1.82) is 0 Å². The Labute approximate surface area is 181 Å². The van der Waals surface area contributed by atoms with E-state index >= 15 is 0 Å². The molecule has 1 aromatic carbocycles. The number of rotatable bonds is 8. The largest absolute Gasteiger partial charge is 0.459 e. The van der Waals surface area contributed by atoms with Crippen molar-refractivity contribution in [2.45, 2.75) is 32.9 Å². The van der Waals surface area contributed by atoms with Gasteiger partial charge < -0.3 is 19.5 Å². The predicted octanol–water partition coefficient (Wildman–Crippen LogP) is 5.10. The fourth-order valence-corrected chi connectivity index (χ4v) is 3.88. The van der Waals surface area contributed by atoms with E-state index in [9.17, 15) is 9.59 Å². The minimum absolute atomic E-state index is 0.0223. The lowest BCUT2D eigenvalue weighted by atomic mass is 10.1. The molecular weight excluding hydrogens is 398 g/mol. The molecule has 2 aromatic heterocycles. The maximum atomic E-state index is 13.2. The average molecular weight is 426 g/mol. The van der Waals surface area contributed by atoms with Crippen molar-refractivity contribution in [3.05, 3.63) is 70.3 Å². The number of nitrogens with one attached hydrogen (secondary N) is 1. The Bertz CT molecular complexity index is 981. The third kappa shape index (κ3) is 4.91. The van der Waals surface area contributed by atoms with Crippen LogP contribution in [0.25, 0.3) is 0 Å². The summed E-state index contributed by atoms with van der Waals surface area (Å²) in [5.41, 5.74) is 2.62. The van der Waals surface area contributed by atoms with Crippen LogP contribution in [0.5, 0.6) is 0 Å². The zero-order valence-electron chi connectivity index (χ0n) is 17.7. The molecule has 1 N–H and O–H groups in total. The number of amides is 2. The van der Waals surface area contributed by atoms with Crippen molar-refractivity contribution in [3.8, 4) is 0 Å². The zero-order chi connectivity index (χ0) is 21.7. The van der Waals surface area contributed by atoms with Crippen LogP contribution in [-0.2, 0) is 6.54 Å². The Kier molecular flexibility index (Phi) is 6.95. The summed E-state index contributed by atoms with van der Waals surface area (Å²) in [6.07, 6.45) is 2.32. The molecule has 0 saturated heterocycles. The molecule has 3 aromatic rings. The topological polar surface area (TPSA) is 65.8 Å². The summed E-state index contributed by atoms with van der Waals surface area (Å²) < 4.78 is 5.17. The molecule has 0 bridgehead atoms. The minimum atomic E-state index is -0.308. The molecule has 0 saturated carbocycles. The Hall–Kier alpha value is -3.06. The van der Waals surface area contributed by atoms with Gasteiger partial charge in [-0.3, -0.25) is 9.59 Å². The summed E-state index contributed by atoms with van der Waals surface area (Å²) in [5.74, 6) is -0.0339. The van der Waals surface area contributed by atoms with Crippen LogP contribution in [0.3, 0.4) is 0 Å². The summed E-state index contributed by atoms with van der Waals surface area (Å²) in [5, 5.41) is 4.79. The van der Waals surface area contributed by atoms with Crippen molar-refractivity contribution in [2.75, 3.05) is 24.3 Å². The van der Waals surface area contributed by atoms with Crippen molar-refractivity contribution in [3.63, 3.8) is 0 Å². The molecule has 158 valence electrons. The number of anilines is 2. The molecule has 0 aliphatic rings. The number of carbonyl (C=O) groups excluding carboxylic acids is 2. The molecule has 7 heteroatoms.